The second-order valence-corrected chi connectivity index (χ2v) is 10.6. The molecule has 30 heavy (non-hydrogen) atoms. The normalized spacial score (nSPS) is 46.7. The van der Waals surface area contributed by atoms with E-state index >= 15 is 0 Å². The first-order valence-corrected chi connectivity index (χ1v) is 11.0. The lowest BCUT2D eigenvalue weighted by Crippen LogP contribution is -2.65. The van der Waals surface area contributed by atoms with Crippen molar-refractivity contribution in [3.05, 3.63) is 34.9 Å². The van der Waals surface area contributed by atoms with Crippen LogP contribution in [0.25, 0.3) is 0 Å². The molecule has 0 aliphatic heterocycles. The van der Waals surface area contributed by atoms with E-state index in [4.69, 9.17) is 4.74 Å². The van der Waals surface area contributed by atoms with E-state index in [0.29, 0.717) is 22.6 Å². The first kappa shape index (κ1) is 21.5. The minimum Gasteiger partial charge on any atom is -0.451 e. The van der Waals surface area contributed by atoms with E-state index in [-0.39, 0.29) is 29.0 Å². The lowest BCUT2D eigenvalue weighted by molar-refractivity contribution is -0.201. The van der Waals surface area contributed by atoms with Crippen molar-refractivity contribution in [3.8, 4) is 0 Å². The maximum Gasteiger partial charge on any atom is 0.334 e. The van der Waals surface area contributed by atoms with Crippen molar-refractivity contribution in [2.24, 2.45) is 34.5 Å². The van der Waals surface area contributed by atoms with Gasteiger partial charge < -0.3 is 14.9 Å². The summed E-state index contributed by atoms with van der Waals surface area (Å²) in [6.07, 6.45) is 3.74. The molecule has 5 nitrogen and oxygen atoms in total. The Labute approximate surface area is 178 Å². The van der Waals surface area contributed by atoms with Gasteiger partial charge in [-0.25, -0.2) is 4.79 Å². The van der Waals surface area contributed by atoms with Crippen molar-refractivity contribution in [1.29, 1.82) is 0 Å². The topological polar surface area (TPSA) is 83.8 Å². The van der Waals surface area contributed by atoms with Gasteiger partial charge in [0.15, 0.2) is 17.5 Å². The molecule has 8 atom stereocenters. The van der Waals surface area contributed by atoms with Crippen LogP contribution in [0, 0.1) is 34.5 Å². The number of Topliss-reactive ketones (excluding diaryl/α,β-unsaturated/α-hetero) is 1. The van der Waals surface area contributed by atoms with Gasteiger partial charge in [-0.05, 0) is 68.4 Å². The quantitative estimate of drug-likeness (QED) is 0.411. The summed E-state index contributed by atoms with van der Waals surface area (Å²) < 4.78 is 5.76. The summed E-state index contributed by atoms with van der Waals surface area (Å²) in [6.45, 7) is 13.3. The van der Waals surface area contributed by atoms with Gasteiger partial charge in [0, 0.05) is 11.5 Å². The van der Waals surface area contributed by atoms with Gasteiger partial charge in [-0.1, -0.05) is 39.0 Å². The van der Waals surface area contributed by atoms with Gasteiger partial charge >= 0.3 is 5.97 Å². The van der Waals surface area contributed by atoms with Crippen molar-refractivity contribution >= 4 is 11.8 Å². The first-order valence-electron chi connectivity index (χ1n) is 11.0. The largest absolute Gasteiger partial charge is 0.451 e. The number of fused-ring (bicyclic) bond motifs is 3. The number of carbonyl (C=O) groups excluding carboxylic acids is 2. The maximum atomic E-state index is 14.1. The highest BCUT2D eigenvalue weighted by Gasteiger charge is 2.76. The number of allylic oxidation sites excluding steroid dienone is 2. The summed E-state index contributed by atoms with van der Waals surface area (Å²) in [5, 5.41) is 23.6. The van der Waals surface area contributed by atoms with Gasteiger partial charge in [-0.2, -0.15) is 0 Å². The average Bonchev–Trinajstić information content (AvgIpc) is 3.17. The Morgan fingerprint density at radius 2 is 1.90 bits per heavy atom. The summed E-state index contributed by atoms with van der Waals surface area (Å²) in [7, 11) is 0. The smallest absolute Gasteiger partial charge is 0.334 e. The van der Waals surface area contributed by atoms with E-state index in [1.54, 1.807) is 33.8 Å². The van der Waals surface area contributed by atoms with Crippen molar-refractivity contribution < 1.29 is 24.5 Å². The third kappa shape index (κ3) is 2.36. The Hall–Kier alpha value is -1.72. The lowest BCUT2D eigenvalue weighted by Gasteiger charge is -2.48. The molecule has 0 aromatic carbocycles. The molecule has 2 N–H and O–H groups in total. The molecule has 0 aromatic rings. The lowest BCUT2D eigenvalue weighted by atomic mass is 9.59. The molecule has 2 saturated carbocycles. The highest BCUT2D eigenvalue weighted by Crippen LogP contribution is 2.71. The van der Waals surface area contributed by atoms with Crippen LogP contribution < -0.4 is 0 Å². The number of ether oxygens (including phenoxy) is 1. The van der Waals surface area contributed by atoms with E-state index < -0.39 is 29.2 Å². The van der Waals surface area contributed by atoms with E-state index in [1.165, 1.54) is 0 Å². The molecule has 2 fully saturated rings. The van der Waals surface area contributed by atoms with Gasteiger partial charge in [0.2, 0.25) is 0 Å². The molecule has 5 heteroatoms. The maximum absolute atomic E-state index is 14.1. The fourth-order valence-corrected chi connectivity index (χ4v) is 6.89. The summed E-state index contributed by atoms with van der Waals surface area (Å²) >= 11 is 0. The monoisotopic (exact) mass is 414 g/mol. The van der Waals surface area contributed by atoms with Crippen LogP contribution in [0.2, 0.25) is 0 Å². The van der Waals surface area contributed by atoms with Crippen LogP contribution in [-0.4, -0.2) is 39.8 Å². The Morgan fingerprint density at radius 1 is 1.27 bits per heavy atom. The Balaban J connectivity index is 1.89. The average molecular weight is 415 g/mol. The van der Waals surface area contributed by atoms with Crippen LogP contribution in [0.15, 0.2) is 34.9 Å². The zero-order valence-electron chi connectivity index (χ0n) is 19.0. The SMILES string of the molecule is C/C=C(/C)C(=O)O[C@H]1C(C)=CC23C(=O)C(C=C(C)[C@@H](O)[C@]12O)[C@H]1[C@@H](C[C@H]3C)C1(C)C. The molecular weight excluding hydrogens is 380 g/mol. The molecule has 4 rings (SSSR count). The molecular formula is C25H34O5. The highest BCUT2D eigenvalue weighted by atomic mass is 16.6. The van der Waals surface area contributed by atoms with Crippen LogP contribution >= 0.6 is 0 Å². The van der Waals surface area contributed by atoms with Gasteiger partial charge in [-0.15, -0.1) is 0 Å². The number of aliphatic hydroxyl groups excluding tert-OH is 1. The Kier molecular flexibility index (Phi) is 4.58. The molecule has 0 saturated heterocycles. The highest BCUT2D eigenvalue weighted by molar-refractivity contribution is 5.95. The fraction of sp³-hybridized carbons (Fsp3) is 0.680. The number of aliphatic hydroxyl groups is 2. The molecule has 4 aliphatic rings. The molecule has 0 amide bonds. The van der Waals surface area contributed by atoms with Gasteiger partial charge in [0.1, 0.15) is 6.10 Å². The summed E-state index contributed by atoms with van der Waals surface area (Å²) in [6, 6.07) is 0. The number of esters is 1. The van der Waals surface area contributed by atoms with E-state index in [9.17, 15) is 19.8 Å². The number of carbonyl (C=O) groups is 2. The van der Waals surface area contributed by atoms with Gasteiger partial charge in [-0.3, -0.25) is 4.79 Å². The summed E-state index contributed by atoms with van der Waals surface area (Å²) in [5.41, 5.74) is -1.53. The number of ketones is 1. The van der Waals surface area contributed by atoms with Gasteiger partial charge in [0.25, 0.3) is 0 Å². The second-order valence-electron chi connectivity index (χ2n) is 10.6. The third-order valence-electron chi connectivity index (χ3n) is 8.82. The molecule has 2 unspecified atom stereocenters. The zero-order valence-corrected chi connectivity index (χ0v) is 19.0. The number of rotatable bonds is 2. The molecule has 0 radical (unpaired) electrons. The molecule has 0 heterocycles. The Morgan fingerprint density at radius 3 is 2.50 bits per heavy atom. The second kappa shape index (κ2) is 6.39. The van der Waals surface area contributed by atoms with Crippen LogP contribution in [0.3, 0.4) is 0 Å². The number of hydrogen-bond donors (Lipinski definition) is 2. The van der Waals surface area contributed by atoms with Crippen molar-refractivity contribution in [2.75, 3.05) is 0 Å². The zero-order chi connectivity index (χ0) is 22.4. The summed E-state index contributed by atoms with van der Waals surface area (Å²) in [4.78, 5) is 26.7. The van der Waals surface area contributed by atoms with Crippen LogP contribution in [0.4, 0.5) is 0 Å². The first-order chi connectivity index (χ1) is 13.9. The Bertz CT molecular complexity index is 908. The van der Waals surface area contributed by atoms with Crippen LogP contribution in [0.1, 0.15) is 54.9 Å². The molecule has 164 valence electrons. The van der Waals surface area contributed by atoms with E-state index in [0.717, 1.165) is 6.42 Å². The standard InChI is InChI=1S/C25H34O5/c1-8-12(2)22(28)30-21-14(4)11-24-15(5)10-17-18(23(17,6)7)16(20(24)27)9-13(3)19(26)25(21,24)29/h8-9,11,15-19,21,26,29H,10H2,1-7H3/b12-8-/t15-,16?,17-,18+,19-,21+,24?,25+/m1/s1. The fourth-order valence-electron chi connectivity index (χ4n) is 6.89. The molecule has 1 spiro atoms. The van der Waals surface area contributed by atoms with Crippen molar-refractivity contribution in [3.63, 3.8) is 0 Å². The van der Waals surface area contributed by atoms with E-state index in [2.05, 4.69) is 13.8 Å². The van der Waals surface area contributed by atoms with Crippen LogP contribution in [-0.2, 0) is 14.3 Å². The molecule has 0 aromatic heterocycles. The third-order valence-corrected chi connectivity index (χ3v) is 8.82. The van der Waals surface area contributed by atoms with E-state index in [1.807, 2.05) is 19.1 Å². The molecule has 4 aliphatic carbocycles. The summed E-state index contributed by atoms with van der Waals surface area (Å²) in [5.74, 6) is -0.541. The predicted molar refractivity (Wildman–Crippen MR) is 113 cm³/mol. The van der Waals surface area contributed by atoms with Gasteiger partial charge in [0.05, 0.1) is 5.41 Å². The van der Waals surface area contributed by atoms with Crippen molar-refractivity contribution in [2.45, 2.75) is 72.7 Å². The minimum absolute atomic E-state index is 0.0490. The molecule has 2 bridgehead atoms. The van der Waals surface area contributed by atoms with Crippen molar-refractivity contribution in [1.82, 2.24) is 0 Å². The van der Waals surface area contributed by atoms with Crippen LogP contribution in [0.5, 0.6) is 0 Å². The minimum atomic E-state index is -1.92. The number of hydrogen-bond acceptors (Lipinski definition) is 5. The predicted octanol–water partition coefficient (Wildman–Crippen LogP) is 3.36.